The molecule has 9 nitrogen and oxygen atoms in total. The van der Waals surface area contributed by atoms with Crippen molar-refractivity contribution >= 4 is 33.2 Å². The number of rotatable bonds is 10. The maximum absolute atomic E-state index is 12.6. The Morgan fingerprint density at radius 3 is 2.32 bits per heavy atom. The molecule has 0 radical (unpaired) electrons. The molecule has 1 amide bonds. The van der Waals surface area contributed by atoms with Gasteiger partial charge in [0.15, 0.2) is 9.84 Å². The minimum atomic E-state index is -3.54. The highest BCUT2D eigenvalue weighted by Gasteiger charge is 2.17. The third-order valence-electron chi connectivity index (χ3n) is 6.29. The van der Waals surface area contributed by atoms with Crippen molar-refractivity contribution in [2.45, 2.75) is 82.6 Å². The van der Waals surface area contributed by atoms with Crippen LogP contribution in [0.4, 0.5) is 11.5 Å². The number of carbonyl (C=O) groups is 2. The topological polar surface area (TPSA) is 127 Å². The number of aromatic nitrogens is 2. The third-order valence-corrected chi connectivity index (χ3v) is 8.11. The van der Waals surface area contributed by atoms with Gasteiger partial charge in [0.2, 0.25) is 0 Å². The molecule has 37 heavy (non-hydrogen) atoms. The summed E-state index contributed by atoms with van der Waals surface area (Å²) in [5.41, 5.74) is 0.671. The number of nitrogens with zero attached hydrogens (tertiary/aromatic N) is 2. The summed E-state index contributed by atoms with van der Waals surface area (Å²) in [7, 11) is -3.54. The number of benzene rings is 1. The van der Waals surface area contributed by atoms with E-state index in [0.717, 1.165) is 18.8 Å². The number of amides is 1. The Morgan fingerprint density at radius 1 is 1.03 bits per heavy atom. The van der Waals surface area contributed by atoms with Crippen LogP contribution in [-0.4, -0.2) is 48.7 Å². The second kappa shape index (κ2) is 14.1. The Balaban J connectivity index is 0.000000865. The molecule has 0 unspecified atom stereocenters. The van der Waals surface area contributed by atoms with E-state index >= 15 is 0 Å². The van der Waals surface area contributed by atoms with Crippen molar-refractivity contribution < 1.29 is 22.7 Å². The molecule has 0 saturated heterocycles. The molecule has 1 heterocycles. The first-order valence-electron chi connectivity index (χ1n) is 13.1. The summed E-state index contributed by atoms with van der Waals surface area (Å²) in [4.78, 5) is 32.4. The van der Waals surface area contributed by atoms with E-state index in [-0.39, 0.29) is 35.8 Å². The summed E-state index contributed by atoms with van der Waals surface area (Å²) in [6, 6.07) is 7.90. The van der Waals surface area contributed by atoms with Crippen LogP contribution in [0.2, 0.25) is 0 Å². The molecular formula is C27H38N4O5S. The Hall–Kier alpha value is -3.01. The quantitative estimate of drug-likeness (QED) is 0.411. The average Bonchev–Trinajstić information content (AvgIpc) is 3.67. The fourth-order valence-electron chi connectivity index (χ4n) is 3.88. The number of anilines is 2. The summed E-state index contributed by atoms with van der Waals surface area (Å²) in [5.74, 6) is 0.725. The Morgan fingerprint density at radius 2 is 1.70 bits per heavy atom. The molecule has 0 aliphatic heterocycles. The molecule has 2 aliphatic carbocycles. The first-order valence-corrected chi connectivity index (χ1v) is 14.8. The van der Waals surface area contributed by atoms with E-state index in [4.69, 9.17) is 4.74 Å². The largest absolute Gasteiger partial charge is 0.466 e. The molecule has 202 valence electrons. The van der Waals surface area contributed by atoms with Crippen LogP contribution >= 0.6 is 0 Å². The van der Waals surface area contributed by atoms with Crippen molar-refractivity contribution in [3.8, 4) is 0 Å². The number of esters is 1. The SMILES string of the molecule is CC1CC1.CCOC(=O)CCCS(=O)(=O)c1ccc(NC(=O)c2cc(NC3CCCCC3)ncn2)cc1. The molecule has 2 aromatic rings. The Bertz CT molecular complexity index is 1130. The minimum absolute atomic E-state index is 0.0533. The van der Waals surface area contributed by atoms with E-state index in [1.807, 2.05) is 0 Å². The number of hydrogen-bond donors (Lipinski definition) is 2. The number of ether oxygens (including phenoxy) is 1. The Labute approximate surface area is 219 Å². The molecule has 0 spiro atoms. The minimum Gasteiger partial charge on any atom is -0.466 e. The van der Waals surface area contributed by atoms with Gasteiger partial charge in [0.1, 0.15) is 17.8 Å². The van der Waals surface area contributed by atoms with Gasteiger partial charge in [0.05, 0.1) is 17.3 Å². The van der Waals surface area contributed by atoms with Crippen LogP contribution in [0, 0.1) is 5.92 Å². The van der Waals surface area contributed by atoms with Crippen LogP contribution in [0.5, 0.6) is 0 Å². The molecule has 4 rings (SSSR count). The van der Waals surface area contributed by atoms with E-state index in [2.05, 4.69) is 27.5 Å². The number of nitrogens with one attached hydrogen (secondary N) is 2. The van der Waals surface area contributed by atoms with Crippen LogP contribution < -0.4 is 10.6 Å². The molecule has 1 aromatic carbocycles. The Kier molecular flexibility index (Phi) is 10.9. The molecule has 10 heteroatoms. The second-order valence-corrected chi connectivity index (χ2v) is 11.8. The van der Waals surface area contributed by atoms with E-state index in [1.54, 1.807) is 13.0 Å². The summed E-state index contributed by atoms with van der Waals surface area (Å²) in [6.07, 6.45) is 10.4. The van der Waals surface area contributed by atoms with Crippen LogP contribution in [-0.2, 0) is 19.4 Å². The molecule has 1 aromatic heterocycles. The lowest BCUT2D eigenvalue weighted by atomic mass is 9.95. The highest BCUT2D eigenvalue weighted by Crippen LogP contribution is 2.26. The number of carbonyl (C=O) groups excluding carboxylic acids is 2. The van der Waals surface area contributed by atoms with Gasteiger partial charge in [-0.3, -0.25) is 9.59 Å². The van der Waals surface area contributed by atoms with Crippen molar-refractivity contribution in [1.82, 2.24) is 9.97 Å². The zero-order chi connectivity index (χ0) is 26.7. The summed E-state index contributed by atoms with van der Waals surface area (Å²) < 4.78 is 29.7. The van der Waals surface area contributed by atoms with Crippen molar-refractivity contribution in [1.29, 1.82) is 0 Å². The molecule has 0 atom stereocenters. The predicted molar refractivity (Wildman–Crippen MR) is 143 cm³/mol. The maximum atomic E-state index is 12.6. The highest BCUT2D eigenvalue weighted by molar-refractivity contribution is 7.91. The van der Waals surface area contributed by atoms with Crippen molar-refractivity contribution in [3.05, 3.63) is 42.4 Å². The van der Waals surface area contributed by atoms with Crippen LogP contribution in [0.3, 0.4) is 0 Å². The lowest BCUT2D eigenvalue weighted by Gasteiger charge is -2.23. The maximum Gasteiger partial charge on any atom is 0.305 e. The molecular weight excluding hydrogens is 492 g/mol. The van der Waals surface area contributed by atoms with Crippen molar-refractivity contribution in [2.75, 3.05) is 23.0 Å². The van der Waals surface area contributed by atoms with Gasteiger partial charge in [-0.05, 0) is 56.4 Å². The standard InChI is InChI=1S/C23H30N4O5S.C4H8/c1-2-32-22(28)9-6-14-33(30,31)19-12-10-18(11-13-19)27-23(29)20-15-21(25-16-24-20)26-17-7-4-3-5-8-17;1-4-2-3-4/h10-13,15-17H,2-9,14H2,1H3,(H,27,29)(H,24,25,26);4H,2-3H2,1H3. The van der Waals surface area contributed by atoms with Gasteiger partial charge in [-0.2, -0.15) is 0 Å². The fraction of sp³-hybridized carbons (Fsp3) is 0.556. The van der Waals surface area contributed by atoms with E-state index in [9.17, 15) is 18.0 Å². The van der Waals surface area contributed by atoms with Crippen LogP contribution in [0.1, 0.15) is 82.1 Å². The van der Waals surface area contributed by atoms with E-state index in [0.29, 0.717) is 17.5 Å². The normalized spacial score (nSPS) is 15.7. The predicted octanol–water partition coefficient (Wildman–Crippen LogP) is 5.01. The zero-order valence-electron chi connectivity index (χ0n) is 21.7. The zero-order valence-corrected chi connectivity index (χ0v) is 22.6. The van der Waals surface area contributed by atoms with Gasteiger partial charge < -0.3 is 15.4 Å². The van der Waals surface area contributed by atoms with Crippen molar-refractivity contribution in [3.63, 3.8) is 0 Å². The number of sulfone groups is 1. The van der Waals surface area contributed by atoms with Gasteiger partial charge in [-0.15, -0.1) is 0 Å². The summed E-state index contributed by atoms with van der Waals surface area (Å²) in [5, 5.41) is 6.09. The van der Waals surface area contributed by atoms with Gasteiger partial charge >= 0.3 is 5.97 Å². The van der Waals surface area contributed by atoms with Crippen molar-refractivity contribution in [2.24, 2.45) is 5.92 Å². The van der Waals surface area contributed by atoms with Gasteiger partial charge in [0.25, 0.3) is 5.91 Å². The smallest absolute Gasteiger partial charge is 0.305 e. The molecule has 0 bridgehead atoms. The lowest BCUT2D eigenvalue weighted by molar-refractivity contribution is -0.143. The van der Waals surface area contributed by atoms with Gasteiger partial charge in [-0.25, -0.2) is 18.4 Å². The van der Waals surface area contributed by atoms with Crippen LogP contribution in [0.25, 0.3) is 0 Å². The number of hydrogen-bond acceptors (Lipinski definition) is 8. The third kappa shape index (κ3) is 10.1. The lowest BCUT2D eigenvalue weighted by Crippen LogP contribution is -2.23. The van der Waals surface area contributed by atoms with E-state index in [1.165, 1.54) is 62.7 Å². The molecule has 2 aliphatic rings. The second-order valence-electron chi connectivity index (χ2n) is 9.66. The van der Waals surface area contributed by atoms with Gasteiger partial charge in [0, 0.05) is 24.2 Å². The fourth-order valence-corrected chi connectivity index (χ4v) is 5.19. The monoisotopic (exact) mass is 530 g/mol. The molecule has 2 N–H and O–H groups in total. The highest BCUT2D eigenvalue weighted by atomic mass is 32.2. The summed E-state index contributed by atoms with van der Waals surface area (Å²) in [6.45, 7) is 4.25. The first-order chi connectivity index (χ1) is 17.8. The molecule has 2 fully saturated rings. The first kappa shape index (κ1) is 28.6. The average molecular weight is 531 g/mol. The van der Waals surface area contributed by atoms with Crippen LogP contribution in [0.15, 0.2) is 41.6 Å². The van der Waals surface area contributed by atoms with E-state index < -0.39 is 21.7 Å². The summed E-state index contributed by atoms with van der Waals surface area (Å²) >= 11 is 0. The van der Waals surface area contributed by atoms with Gasteiger partial charge in [-0.1, -0.05) is 39.0 Å². The molecule has 2 saturated carbocycles.